The standard InChI is InChI=1S/C19H17ClF3N7O/c1-10-8-29(28-26-10)9-30-17-15(11(2)27-30)16(20)14(7-24-17)18(31)25-13-5-3-12(4-6-13)19(21,22)23/h3-7,28H,8-9H2,1-2H3,(H,25,31). The first-order valence-corrected chi connectivity index (χ1v) is 9.55. The number of hydrogen-bond donors (Lipinski definition) is 2. The molecule has 0 saturated heterocycles. The van der Waals surface area contributed by atoms with Gasteiger partial charge in [0.15, 0.2) is 5.65 Å². The van der Waals surface area contributed by atoms with Crippen molar-refractivity contribution in [1.82, 2.24) is 25.3 Å². The minimum atomic E-state index is -4.45. The monoisotopic (exact) mass is 451 g/mol. The lowest BCUT2D eigenvalue weighted by atomic mass is 10.1. The maximum absolute atomic E-state index is 12.7. The Morgan fingerprint density at radius 1 is 1.26 bits per heavy atom. The maximum atomic E-state index is 12.7. The molecule has 4 rings (SSSR count). The van der Waals surface area contributed by atoms with Crippen LogP contribution in [-0.2, 0) is 12.8 Å². The molecule has 31 heavy (non-hydrogen) atoms. The Kier molecular flexibility index (Phi) is 5.31. The van der Waals surface area contributed by atoms with Crippen molar-refractivity contribution in [2.45, 2.75) is 26.7 Å². The van der Waals surface area contributed by atoms with E-state index in [0.29, 0.717) is 29.9 Å². The van der Waals surface area contributed by atoms with Gasteiger partial charge in [-0.15, -0.1) is 0 Å². The van der Waals surface area contributed by atoms with E-state index in [9.17, 15) is 18.0 Å². The van der Waals surface area contributed by atoms with Crippen molar-refractivity contribution >= 4 is 39.9 Å². The number of carbonyl (C=O) groups is 1. The lowest BCUT2D eigenvalue weighted by molar-refractivity contribution is -0.137. The molecule has 2 N–H and O–H groups in total. The molecular formula is C19H17ClF3N7O. The van der Waals surface area contributed by atoms with Crippen LogP contribution in [0.3, 0.4) is 0 Å². The summed E-state index contributed by atoms with van der Waals surface area (Å²) in [4.78, 5) is 17.0. The Labute approximate surface area is 179 Å². The zero-order chi connectivity index (χ0) is 22.3. The third-order valence-electron chi connectivity index (χ3n) is 4.69. The van der Waals surface area contributed by atoms with Crippen LogP contribution in [0, 0.1) is 6.92 Å². The summed E-state index contributed by atoms with van der Waals surface area (Å²) < 4.78 is 39.8. The number of nitrogens with zero attached hydrogens (tertiary/aromatic N) is 5. The van der Waals surface area contributed by atoms with Crippen molar-refractivity contribution in [1.29, 1.82) is 0 Å². The van der Waals surface area contributed by atoms with Gasteiger partial charge in [0, 0.05) is 11.9 Å². The molecule has 0 atom stereocenters. The van der Waals surface area contributed by atoms with E-state index in [1.54, 1.807) is 11.6 Å². The number of carbonyl (C=O) groups excluding carboxylic acids is 1. The molecule has 1 aromatic carbocycles. The third-order valence-corrected chi connectivity index (χ3v) is 5.09. The van der Waals surface area contributed by atoms with Crippen molar-refractivity contribution in [3.63, 3.8) is 0 Å². The van der Waals surface area contributed by atoms with E-state index in [-0.39, 0.29) is 16.3 Å². The number of hydrogen-bond acceptors (Lipinski definition) is 6. The minimum absolute atomic E-state index is 0.0928. The zero-order valence-corrected chi connectivity index (χ0v) is 17.2. The molecule has 2 aromatic heterocycles. The second kappa shape index (κ2) is 7.82. The molecular weight excluding hydrogens is 435 g/mol. The number of aryl methyl sites for hydroxylation is 1. The molecule has 3 heterocycles. The van der Waals surface area contributed by atoms with Gasteiger partial charge in [-0.1, -0.05) is 11.6 Å². The first kappa shape index (κ1) is 21.1. The SMILES string of the molecule is CC1=NNN(Cn2nc(C)c3c(Cl)c(C(=O)Nc4ccc(C(F)(F)F)cc4)cnc32)C1. The summed E-state index contributed by atoms with van der Waals surface area (Å²) in [5.74, 6) is -0.587. The number of hydrazine groups is 1. The van der Waals surface area contributed by atoms with Crippen LogP contribution in [-0.4, -0.2) is 37.9 Å². The van der Waals surface area contributed by atoms with Crippen LogP contribution >= 0.6 is 11.6 Å². The fourth-order valence-electron chi connectivity index (χ4n) is 3.22. The zero-order valence-electron chi connectivity index (χ0n) is 16.5. The number of hydrazone groups is 1. The lowest BCUT2D eigenvalue weighted by Crippen LogP contribution is -2.33. The summed E-state index contributed by atoms with van der Waals surface area (Å²) in [6.07, 6.45) is -3.13. The van der Waals surface area contributed by atoms with Crippen molar-refractivity contribution in [3.05, 3.63) is 52.3 Å². The summed E-state index contributed by atoms with van der Waals surface area (Å²) >= 11 is 6.49. The highest BCUT2D eigenvalue weighted by atomic mass is 35.5. The molecule has 0 radical (unpaired) electrons. The van der Waals surface area contributed by atoms with E-state index >= 15 is 0 Å². The smallest absolute Gasteiger partial charge is 0.322 e. The maximum Gasteiger partial charge on any atom is 0.416 e. The van der Waals surface area contributed by atoms with Gasteiger partial charge in [0.1, 0.15) is 6.67 Å². The highest BCUT2D eigenvalue weighted by Gasteiger charge is 2.30. The van der Waals surface area contributed by atoms with Gasteiger partial charge in [-0.05, 0) is 38.1 Å². The van der Waals surface area contributed by atoms with Crippen LogP contribution in [0.2, 0.25) is 5.02 Å². The molecule has 1 aliphatic rings. The van der Waals surface area contributed by atoms with E-state index in [0.717, 1.165) is 17.8 Å². The van der Waals surface area contributed by atoms with E-state index < -0.39 is 17.6 Å². The minimum Gasteiger partial charge on any atom is -0.322 e. The van der Waals surface area contributed by atoms with Gasteiger partial charge in [-0.2, -0.15) is 28.4 Å². The molecule has 0 unspecified atom stereocenters. The van der Waals surface area contributed by atoms with Gasteiger partial charge >= 0.3 is 6.18 Å². The van der Waals surface area contributed by atoms with Crippen LogP contribution in [0.4, 0.5) is 18.9 Å². The van der Waals surface area contributed by atoms with Crippen LogP contribution in [0.1, 0.15) is 28.5 Å². The molecule has 0 spiro atoms. The normalized spacial score (nSPS) is 14.6. The average Bonchev–Trinajstić information content (AvgIpc) is 3.25. The Bertz CT molecular complexity index is 1190. The van der Waals surface area contributed by atoms with Crippen LogP contribution in [0.15, 0.2) is 35.6 Å². The van der Waals surface area contributed by atoms with Crippen molar-refractivity contribution < 1.29 is 18.0 Å². The number of benzene rings is 1. The van der Waals surface area contributed by atoms with Gasteiger partial charge in [0.05, 0.1) is 39.5 Å². The van der Waals surface area contributed by atoms with Gasteiger partial charge in [-0.3, -0.25) is 4.79 Å². The highest BCUT2D eigenvalue weighted by molar-refractivity contribution is 6.39. The van der Waals surface area contributed by atoms with Crippen LogP contribution in [0.25, 0.3) is 11.0 Å². The summed E-state index contributed by atoms with van der Waals surface area (Å²) in [6, 6.07) is 4.14. The van der Waals surface area contributed by atoms with E-state index in [1.165, 1.54) is 18.3 Å². The molecule has 12 heteroatoms. The quantitative estimate of drug-likeness (QED) is 0.629. The third kappa shape index (κ3) is 4.19. The molecule has 162 valence electrons. The molecule has 0 saturated carbocycles. The average molecular weight is 452 g/mol. The van der Waals surface area contributed by atoms with Gasteiger partial charge in [-0.25, -0.2) is 15.2 Å². The Hall–Kier alpha value is -3.18. The first-order valence-electron chi connectivity index (χ1n) is 9.17. The molecule has 0 fully saturated rings. The van der Waals surface area contributed by atoms with E-state index in [2.05, 4.69) is 26.0 Å². The highest BCUT2D eigenvalue weighted by Crippen LogP contribution is 2.31. The number of halogens is 4. The van der Waals surface area contributed by atoms with Crippen molar-refractivity contribution in [3.8, 4) is 0 Å². The number of alkyl halides is 3. The van der Waals surface area contributed by atoms with Gasteiger partial charge in [0.25, 0.3) is 5.91 Å². The number of anilines is 1. The number of aromatic nitrogens is 3. The Morgan fingerprint density at radius 2 is 1.97 bits per heavy atom. The van der Waals surface area contributed by atoms with Crippen LogP contribution in [0.5, 0.6) is 0 Å². The van der Waals surface area contributed by atoms with Crippen LogP contribution < -0.4 is 10.9 Å². The largest absolute Gasteiger partial charge is 0.416 e. The second-order valence-corrected chi connectivity index (χ2v) is 7.46. The number of fused-ring (bicyclic) bond motifs is 1. The predicted molar refractivity (Wildman–Crippen MR) is 110 cm³/mol. The molecule has 0 bridgehead atoms. The topological polar surface area (TPSA) is 87.4 Å². The molecule has 3 aromatic rings. The molecule has 0 aliphatic carbocycles. The second-order valence-electron chi connectivity index (χ2n) is 7.09. The van der Waals surface area contributed by atoms with Gasteiger partial charge in [0.2, 0.25) is 0 Å². The molecule has 8 nitrogen and oxygen atoms in total. The summed E-state index contributed by atoms with van der Waals surface area (Å²) in [7, 11) is 0. The van der Waals surface area contributed by atoms with Gasteiger partial charge < -0.3 is 5.32 Å². The van der Waals surface area contributed by atoms with Crippen molar-refractivity contribution in [2.24, 2.45) is 5.10 Å². The summed E-state index contributed by atoms with van der Waals surface area (Å²) in [5, 5.41) is 13.6. The Morgan fingerprint density at radius 3 is 2.58 bits per heavy atom. The number of rotatable bonds is 4. The number of amides is 1. The molecule has 1 amide bonds. The predicted octanol–water partition coefficient (Wildman–Crippen LogP) is 3.82. The fourth-order valence-corrected chi connectivity index (χ4v) is 3.57. The number of pyridine rings is 1. The Balaban J connectivity index is 1.57. The summed E-state index contributed by atoms with van der Waals surface area (Å²) in [6.45, 7) is 4.65. The van der Waals surface area contributed by atoms with E-state index in [4.69, 9.17) is 11.6 Å². The summed E-state index contributed by atoms with van der Waals surface area (Å²) in [5.41, 5.74) is 4.40. The molecule has 1 aliphatic heterocycles. The number of nitrogens with one attached hydrogen (secondary N) is 2. The first-order chi connectivity index (χ1) is 14.6. The lowest BCUT2D eigenvalue weighted by Gasteiger charge is -2.14. The fraction of sp³-hybridized carbons (Fsp3) is 0.263. The van der Waals surface area contributed by atoms with Crippen molar-refractivity contribution in [2.75, 3.05) is 11.9 Å². The van der Waals surface area contributed by atoms with E-state index in [1.807, 2.05) is 11.9 Å².